The van der Waals surface area contributed by atoms with Gasteiger partial charge in [-0.25, -0.2) is 4.79 Å². The average molecular weight is 275 g/mol. The molecule has 0 N–H and O–H groups in total. The molecule has 5 nitrogen and oxygen atoms in total. The van der Waals surface area contributed by atoms with Crippen molar-refractivity contribution in [2.45, 2.75) is 13.0 Å². The predicted molar refractivity (Wildman–Crippen MR) is 77.2 cm³/mol. The summed E-state index contributed by atoms with van der Waals surface area (Å²) < 4.78 is 0. The highest BCUT2D eigenvalue weighted by molar-refractivity contribution is 6.02. The molecule has 108 valence electrons. The molecule has 20 heavy (non-hydrogen) atoms. The highest BCUT2D eigenvalue weighted by atomic mass is 16.2. The first-order valence-electron chi connectivity index (χ1n) is 6.85. The third kappa shape index (κ3) is 2.82. The molecule has 0 bridgehead atoms. The Labute approximate surface area is 119 Å². The molecule has 1 saturated heterocycles. The van der Waals surface area contributed by atoms with Crippen LogP contribution in [-0.2, 0) is 4.79 Å². The fourth-order valence-corrected chi connectivity index (χ4v) is 2.44. The molecule has 1 atom stereocenters. The lowest BCUT2D eigenvalue weighted by Gasteiger charge is -2.28. The number of nitrogens with zero attached hydrogens (tertiary/aromatic N) is 3. The van der Waals surface area contributed by atoms with Gasteiger partial charge in [0.25, 0.3) is 0 Å². The molecule has 0 aromatic heterocycles. The molecule has 1 aliphatic rings. The summed E-state index contributed by atoms with van der Waals surface area (Å²) in [4.78, 5) is 29.1. The van der Waals surface area contributed by atoms with Crippen LogP contribution in [0.5, 0.6) is 0 Å². The first-order chi connectivity index (χ1) is 9.54. The number of urea groups is 1. The largest absolute Gasteiger partial charge is 0.327 e. The first-order valence-corrected chi connectivity index (χ1v) is 6.85. The van der Waals surface area contributed by atoms with Gasteiger partial charge in [-0.05, 0) is 26.6 Å². The van der Waals surface area contributed by atoms with Crippen LogP contribution in [0, 0.1) is 0 Å². The summed E-state index contributed by atoms with van der Waals surface area (Å²) in [5.74, 6) is -0.111. The molecule has 1 aliphatic heterocycles. The molecule has 2 rings (SSSR count). The third-order valence-corrected chi connectivity index (χ3v) is 3.67. The van der Waals surface area contributed by atoms with E-state index < -0.39 is 0 Å². The van der Waals surface area contributed by atoms with Gasteiger partial charge in [-0.2, -0.15) is 0 Å². The van der Waals surface area contributed by atoms with E-state index in [-0.39, 0.29) is 24.5 Å². The quantitative estimate of drug-likeness (QED) is 0.766. The number of carbonyl (C=O) groups is 2. The Kier molecular flexibility index (Phi) is 4.39. The van der Waals surface area contributed by atoms with Crippen LogP contribution in [0.25, 0.3) is 0 Å². The van der Waals surface area contributed by atoms with Gasteiger partial charge in [-0.3, -0.25) is 9.69 Å². The fourth-order valence-electron chi connectivity index (χ4n) is 2.44. The maximum atomic E-state index is 12.1. The van der Waals surface area contributed by atoms with Crippen LogP contribution in [-0.4, -0.2) is 60.4 Å². The van der Waals surface area contributed by atoms with Crippen LogP contribution in [0.1, 0.15) is 18.5 Å². The Morgan fingerprint density at radius 1 is 1.20 bits per heavy atom. The van der Waals surface area contributed by atoms with E-state index in [1.807, 2.05) is 56.3 Å². The molecule has 1 aromatic rings. The summed E-state index contributed by atoms with van der Waals surface area (Å²) in [5.41, 5.74) is 1.10. The molecule has 0 radical (unpaired) electrons. The minimum absolute atomic E-state index is 0.0147. The second-order valence-electron chi connectivity index (χ2n) is 5.19. The Morgan fingerprint density at radius 2 is 1.85 bits per heavy atom. The number of hydrogen-bond donors (Lipinski definition) is 0. The van der Waals surface area contributed by atoms with Gasteiger partial charge in [0.15, 0.2) is 0 Å². The second-order valence-corrected chi connectivity index (χ2v) is 5.19. The number of hydrogen-bond acceptors (Lipinski definition) is 3. The Hall–Kier alpha value is -1.88. The van der Waals surface area contributed by atoms with Crippen LogP contribution >= 0.6 is 0 Å². The molecular weight excluding hydrogens is 254 g/mol. The van der Waals surface area contributed by atoms with Crippen molar-refractivity contribution in [1.82, 2.24) is 14.7 Å². The van der Waals surface area contributed by atoms with Crippen molar-refractivity contribution in [3.8, 4) is 0 Å². The van der Waals surface area contributed by atoms with Gasteiger partial charge in [0.2, 0.25) is 5.91 Å². The molecule has 1 aromatic carbocycles. The molecule has 0 spiro atoms. The van der Waals surface area contributed by atoms with Crippen molar-refractivity contribution < 1.29 is 9.59 Å². The lowest BCUT2D eigenvalue weighted by atomic mass is 10.1. The monoisotopic (exact) mass is 275 g/mol. The number of benzene rings is 1. The molecule has 0 aliphatic carbocycles. The lowest BCUT2D eigenvalue weighted by molar-refractivity contribution is -0.125. The Balaban J connectivity index is 2.17. The van der Waals surface area contributed by atoms with Gasteiger partial charge in [-0.1, -0.05) is 30.3 Å². The fraction of sp³-hybridized carbons (Fsp3) is 0.467. The highest BCUT2D eigenvalue weighted by Gasteiger charge is 2.36. The van der Waals surface area contributed by atoms with Gasteiger partial charge in [0.1, 0.15) is 6.54 Å². The van der Waals surface area contributed by atoms with E-state index in [1.165, 1.54) is 4.90 Å². The van der Waals surface area contributed by atoms with Gasteiger partial charge < -0.3 is 9.80 Å². The number of rotatable bonds is 5. The predicted octanol–water partition coefficient (Wildman–Crippen LogP) is 1.57. The van der Waals surface area contributed by atoms with E-state index >= 15 is 0 Å². The van der Waals surface area contributed by atoms with E-state index in [0.717, 1.165) is 5.56 Å². The van der Waals surface area contributed by atoms with Crippen LogP contribution in [0.4, 0.5) is 4.79 Å². The van der Waals surface area contributed by atoms with E-state index in [4.69, 9.17) is 0 Å². The minimum Gasteiger partial charge on any atom is -0.315 e. The summed E-state index contributed by atoms with van der Waals surface area (Å²) in [6, 6.07) is 9.78. The maximum Gasteiger partial charge on any atom is 0.327 e. The number of carbonyl (C=O) groups excluding carboxylic acids is 2. The van der Waals surface area contributed by atoms with E-state index in [2.05, 4.69) is 0 Å². The van der Waals surface area contributed by atoms with Crippen LogP contribution < -0.4 is 0 Å². The Bertz CT molecular complexity index is 487. The average Bonchev–Trinajstić information content (AvgIpc) is 2.71. The zero-order valence-electron chi connectivity index (χ0n) is 12.2. The summed E-state index contributed by atoms with van der Waals surface area (Å²) >= 11 is 0. The van der Waals surface area contributed by atoms with Gasteiger partial charge >= 0.3 is 6.03 Å². The van der Waals surface area contributed by atoms with E-state index in [1.54, 1.807) is 4.90 Å². The van der Waals surface area contributed by atoms with Crippen molar-refractivity contribution in [1.29, 1.82) is 0 Å². The van der Waals surface area contributed by atoms with Crippen molar-refractivity contribution in [2.75, 3.05) is 33.7 Å². The van der Waals surface area contributed by atoms with E-state index in [9.17, 15) is 9.59 Å². The van der Waals surface area contributed by atoms with Gasteiger partial charge in [-0.15, -0.1) is 0 Å². The molecule has 3 amide bonds. The van der Waals surface area contributed by atoms with Crippen molar-refractivity contribution in [2.24, 2.45) is 0 Å². The van der Waals surface area contributed by atoms with Crippen molar-refractivity contribution in [3.63, 3.8) is 0 Å². The summed E-state index contributed by atoms with van der Waals surface area (Å²) in [7, 11) is 3.92. The molecule has 1 heterocycles. The molecule has 1 fully saturated rings. The standard InChI is InChI=1S/C15H21N3O2/c1-4-17-11-14(19)18(15(17)20)10-13(16(2)3)12-8-6-5-7-9-12/h5-9,13H,4,10-11H2,1-3H3/t13-/m0/s1. The van der Waals surface area contributed by atoms with Gasteiger partial charge in [0, 0.05) is 6.54 Å². The van der Waals surface area contributed by atoms with Gasteiger partial charge in [0.05, 0.1) is 12.6 Å². The van der Waals surface area contributed by atoms with Crippen molar-refractivity contribution in [3.05, 3.63) is 35.9 Å². The highest BCUT2D eigenvalue weighted by Crippen LogP contribution is 2.22. The van der Waals surface area contributed by atoms with Crippen LogP contribution in [0.2, 0.25) is 0 Å². The normalized spacial score (nSPS) is 17.2. The minimum atomic E-state index is -0.180. The smallest absolute Gasteiger partial charge is 0.315 e. The lowest BCUT2D eigenvalue weighted by Crippen LogP contribution is -2.39. The number of likely N-dealkylation sites (N-methyl/N-ethyl adjacent to an activating group) is 2. The summed E-state index contributed by atoms with van der Waals surface area (Å²) in [6.07, 6.45) is 0. The van der Waals surface area contributed by atoms with Crippen LogP contribution in [0.15, 0.2) is 30.3 Å². The number of imide groups is 1. The number of amides is 3. The maximum absolute atomic E-state index is 12.1. The van der Waals surface area contributed by atoms with E-state index in [0.29, 0.717) is 13.1 Å². The zero-order valence-corrected chi connectivity index (χ0v) is 12.2. The molecule has 0 saturated carbocycles. The molecule has 0 unspecified atom stereocenters. The SMILES string of the molecule is CCN1CC(=O)N(C[C@@H](c2ccccc2)N(C)C)C1=O. The molecule has 5 heteroatoms. The van der Waals surface area contributed by atoms with Crippen molar-refractivity contribution >= 4 is 11.9 Å². The molecular formula is C15H21N3O2. The summed E-state index contributed by atoms with van der Waals surface area (Å²) in [6.45, 7) is 3.05. The summed E-state index contributed by atoms with van der Waals surface area (Å²) in [5, 5.41) is 0. The topological polar surface area (TPSA) is 43.9 Å². The first kappa shape index (κ1) is 14.5. The second kappa shape index (κ2) is 6.05. The zero-order chi connectivity index (χ0) is 14.7. The van der Waals surface area contributed by atoms with Crippen LogP contribution in [0.3, 0.4) is 0 Å². The third-order valence-electron chi connectivity index (χ3n) is 3.67. The Morgan fingerprint density at radius 3 is 2.35 bits per heavy atom.